The maximum atomic E-state index is 5.92. The van der Waals surface area contributed by atoms with Gasteiger partial charge in [-0.3, -0.25) is 14.2 Å². The highest BCUT2D eigenvalue weighted by Crippen LogP contribution is 2.21. The number of guanidine groups is 1. The summed E-state index contributed by atoms with van der Waals surface area (Å²) >= 11 is 0. The maximum absolute atomic E-state index is 5.92. The summed E-state index contributed by atoms with van der Waals surface area (Å²) in [5.74, 6) is 1.70. The predicted molar refractivity (Wildman–Crippen MR) is 120 cm³/mol. The molecule has 154 valence electrons. The van der Waals surface area contributed by atoms with Gasteiger partial charge in [-0.25, -0.2) is 9.97 Å². The molecule has 3 aromatic heterocycles. The van der Waals surface area contributed by atoms with Crippen LogP contribution in [0, 0.1) is 0 Å². The molecule has 0 radical (unpaired) electrons. The Morgan fingerprint density at radius 2 is 2.24 bits per heavy atom. The predicted octanol–water partition coefficient (Wildman–Crippen LogP) is 1.77. The summed E-state index contributed by atoms with van der Waals surface area (Å²) < 4.78 is 9.59. The van der Waals surface area contributed by atoms with Crippen molar-refractivity contribution in [2.45, 2.75) is 12.6 Å². The normalized spacial score (nSPS) is 17.1. The molecule has 0 amide bonds. The second-order valence-electron chi connectivity index (χ2n) is 6.65. The first-order valence-electron chi connectivity index (χ1n) is 9.22. The number of rotatable bonds is 4. The number of halogens is 1. The highest BCUT2D eigenvalue weighted by molar-refractivity contribution is 14.0. The zero-order valence-electron chi connectivity index (χ0n) is 16.5. The van der Waals surface area contributed by atoms with Crippen molar-refractivity contribution >= 4 is 29.9 Å². The van der Waals surface area contributed by atoms with Gasteiger partial charge >= 0.3 is 0 Å². The fourth-order valence-electron chi connectivity index (χ4n) is 3.23. The minimum absolute atomic E-state index is 0. The molecule has 10 heteroatoms. The van der Waals surface area contributed by atoms with Crippen LogP contribution in [0.5, 0.6) is 0 Å². The fraction of sp³-hybridized carbons (Fsp3) is 0.368. The Morgan fingerprint density at radius 1 is 1.34 bits per heavy atom. The lowest BCUT2D eigenvalue weighted by molar-refractivity contribution is -0.00805. The Kier molecular flexibility index (Phi) is 7.20. The van der Waals surface area contributed by atoms with E-state index in [1.165, 1.54) is 0 Å². The number of nitrogens with one attached hydrogen (secondary N) is 1. The molecule has 0 aliphatic carbocycles. The van der Waals surface area contributed by atoms with Gasteiger partial charge in [0.25, 0.3) is 0 Å². The van der Waals surface area contributed by atoms with Crippen molar-refractivity contribution in [1.29, 1.82) is 0 Å². The molecule has 0 aromatic carbocycles. The smallest absolute Gasteiger partial charge is 0.194 e. The number of hydrogen-bond donors (Lipinski definition) is 1. The van der Waals surface area contributed by atoms with Crippen LogP contribution < -0.4 is 5.32 Å². The third kappa shape index (κ3) is 5.12. The summed E-state index contributed by atoms with van der Waals surface area (Å²) in [6.07, 6.45) is 11.1. The van der Waals surface area contributed by atoms with Crippen LogP contribution in [0.4, 0.5) is 0 Å². The number of ether oxygens (including phenoxy) is 1. The summed E-state index contributed by atoms with van der Waals surface area (Å²) in [5.41, 5.74) is 2.17. The van der Waals surface area contributed by atoms with Crippen LogP contribution in [-0.2, 0) is 18.3 Å². The molecule has 1 unspecified atom stereocenters. The van der Waals surface area contributed by atoms with E-state index in [2.05, 4.69) is 36.3 Å². The molecular weight excluding hydrogens is 483 g/mol. The van der Waals surface area contributed by atoms with Crippen LogP contribution in [0.2, 0.25) is 0 Å². The van der Waals surface area contributed by atoms with Gasteiger partial charge in [0.15, 0.2) is 5.96 Å². The Bertz CT molecular complexity index is 922. The molecule has 1 atom stereocenters. The van der Waals surface area contributed by atoms with Gasteiger partial charge in [-0.2, -0.15) is 5.10 Å². The van der Waals surface area contributed by atoms with Crippen LogP contribution in [0.15, 0.2) is 54.4 Å². The van der Waals surface area contributed by atoms with Gasteiger partial charge in [0.05, 0.1) is 19.3 Å². The van der Waals surface area contributed by atoms with Gasteiger partial charge in [0.1, 0.15) is 18.2 Å². The van der Waals surface area contributed by atoms with Gasteiger partial charge in [-0.1, -0.05) is 6.07 Å². The van der Waals surface area contributed by atoms with Crippen LogP contribution in [0.3, 0.4) is 0 Å². The average molecular weight is 508 g/mol. The second-order valence-corrected chi connectivity index (χ2v) is 6.65. The van der Waals surface area contributed by atoms with Crippen molar-refractivity contribution in [2.24, 2.45) is 12.0 Å². The molecule has 0 spiro atoms. The third-order valence-electron chi connectivity index (χ3n) is 4.70. The Labute approximate surface area is 186 Å². The third-order valence-corrected chi connectivity index (χ3v) is 4.70. The molecule has 1 fully saturated rings. The standard InChI is InChI=1S/C19H24N8O.HI/c1-20-19(26-7-8-28-17(13-26)16-11-24-25(2)12-16)23-10-15-3-4-18(22-9-15)27-6-5-21-14-27;/h3-6,9,11-12,14,17H,7-8,10,13H2,1-2H3,(H,20,23);1H. The van der Waals surface area contributed by atoms with Gasteiger partial charge in [-0.05, 0) is 11.6 Å². The van der Waals surface area contributed by atoms with Crippen molar-refractivity contribution in [2.75, 3.05) is 26.7 Å². The van der Waals surface area contributed by atoms with E-state index in [1.54, 1.807) is 24.3 Å². The highest BCUT2D eigenvalue weighted by Gasteiger charge is 2.25. The van der Waals surface area contributed by atoms with E-state index in [4.69, 9.17) is 4.74 Å². The maximum Gasteiger partial charge on any atom is 0.194 e. The van der Waals surface area contributed by atoms with E-state index in [1.807, 2.05) is 42.5 Å². The lowest BCUT2D eigenvalue weighted by atomic mass is 10.1. The molecule has 0 saturated carbocycles. The first kappa shape index (κ1) is 21.2. The highest BCUT2D eigenvalue weighted by atomic mass is 127. The molecule has 9 nitrogen and oxygen atoms in total. The van der Waals surface area contributed by atoms with E-state index in [-0.39, 0.29) is 30.1 Å². The fourth-order valence-corrected chi connectivity index (χ4v) is 3.23. The van der Waals surface area contributed by atoms with E-state index in [0.29, 0.717) is 13.2 Å². The molecular formula is C19H25IN8O. The molecule has 4 rings (SSSR count). The lowest BCUT2D eigenvalue weighted by Gasteiger charge is -2.34. The molecule has 4 heterocycles. The number of nitrogens with zero attached hydrogens (tertiary/aromatic N) is 7. The number of imidazole rings is 1. The Hall–Kier alpha value is -2.47. The summed E-state index contributed by atoms with van der Waals surface area (Å²) in [5, 5.41) is 7.67. The lowest BCUT2D eigenvalue weighted by Crippen LogP contribution is -2.47. The number of aliphatic imine (C=N–C) groups is 1. The number of pyridine rings is 1. The first-order valence-corrected chi connectivity index (χ1v) is 9.22. The molecule has 29 heavy (non-hydrogen) atoms. The molecule has 1 aliphatic rings. The number of aromatic nitrogens is 5. The molecule has 1 aliphatic heterocycles. The second kappa shape index (κ2) is 9.83. The monoisotopic (exact) mass is 508 g/mol. The molecule has 0 bridgehead atoms. The SMILES string of the molecule is CN=C(NCc1ccc(-n2ccnc2)nc1)N1CCOC(c2cnn(C)c2)C1.I. The number of morpholine rings is 1. The van der Waals surface area contributed by atoms with Crippen molar-refractivity contribution < 1.29 is 4.74 Å². The summed E-state index contributed by atoms with van der Waals surface area (Å²) in [7, 11) is 3.72. The summed E-state index contributed by atoms with van der Waals surface area (Å²) in [6.45, 7) is 2.84. The zero-order valence-corrected chi connectivity index (χ0v) is 18.8. The number of aryl methyl sites for hydroxylation is 1. The van der Waals surface area contributed by atoms with Crippen molar-refractivity contribution in [3.63, 3.8) is 0 Å². The Morgan fingerprint density at radius 3 is 2.90 bits per heavy atom. The molecule has 1 saturated heterocycles. The van der Waals surface area contributed by atoms with Gasteiger partial charge in [0.2, 0.25) is 0 Å². The Balaban J connectivity index is 0.00000240. The minimum atomic E-state index is -0.00266. The molecule has 1 N–H and O–H groups in total. The van der Waals surface area contributed by atoms with Gasteiger partial charge < -0.3 is 15.0 Å². The van der Waals surface area contributed by atoms with E-state index in [9.17, 15) is 0 Å². The first-order chi connectivity index (χ1) is 13.7. The summed E-state index contributed by atoms with van der Waals surface area (Å²) in [6, 6.07) is 4.04. The van der Waals surface area contributed by atoms with Crippen LogP contribution >= 0.6 is 24.0 Å². The van der Waals surface area contributed by atoms with Crippen molar-refractivity contribution in [3.8, 4) is 5.82 Å². The quantitative estimate of drug-likeness (QED) is 0.329. The van der Waals surface area contributed by atoms with E-state index < -0.39 is 0 Å². The summed E-state index contributed by atoms with van der Waals surface area (Å²) in [4.78, 5) is 15.2. The van der Waals surface area contributed by atoms with Crippen molar-refractivity contribution in [1.82, 2.24) is 34.5 Å². The van der Waals surface area contributed by atoms with Gasteiger partial charge in [-0.15, -0.1) is 24.0 Å². The average Bonchev–Trinajstić information content (AvgIpc) is 3.41. The number of hydrogen-bond acceptors (Lipinski definition) is 5. The zero-order chi connectivity index (χ0) is 19.3. The largest absolute Gasteiger partial charge is 0.370 e. The van der Waals surface area contributed by atoms with Crippen LogP contribution in [0.1, 0.15) is 17.2 Å². The van der Waals surface area contributed by atoms with Gasteiger partial charge in [0, 0.05) is 57.5 Å². The minimum Gasteiger partial charge on any atom is -0.370 e. The van der Waals surface area contributed by atoms with E-state index in [0.717, 1.165) is 36.0 Å². The molecule has 3 aromatic rings. The van der Waals surface area contributed by atoms with E-state index >= 15 is 0 Å². The van der Waals surface area contributed by atoms with Crippen LogP contribution in [0.25, 0.3) is 5.82 Å². The van der Waals surface area contributed by atoms with Crippen molar-refractivity contribution in [3.05, 3.63) is 60.6 Å². The van der Waals surface area contributed by atoms with Crippen LogP contribution in [-0.4, -0.2) is 61.9 Å². The topological polar surface area (TPSA) is 85.4 Å².